The highest BCUT2D eigenvalue weighted by Gasteiger charge is 2.34. The topological polar surface area (TPSA) is 61.8 Å². The van der Waals surface area contributed by atoms with Crippen LogP contribution in [0.3, 0.4) is 0 Å². The van der Waals surface area contributed by atoms with E-state index in [0.717, 1.165) is 12.8 Å². The number of nitrogens with zero attached hydrogens (tertiary/aromatic N) is 1. The van der Waals surface area contributed by atoms with E-state index in [0.29, 0.717) is 32.7 Å². The first kappa shape index (κ1) is 13.8. The van der Waals surface area contributed by atoms with E-state index in [1.54, 1.807) is 0 Å². The van der Waals surface area contributed by atoms with Gasteiger partial charge in [-0.3, -0.25) is 4.79 Å². The number of carbonyl (C=O) groups excluding carboxylic acids is 1. The second-order valence-corrected chi connectivity index (χ2v) is 5.95. The molecule has 1 amide bonds. The van der Waals surface area contributed by atoms with Gasteiger partial charge in [-0.25, -0.2) is 0 Å². The van der Waals surface area contributed by atoms with Crippen LogP contribution in [0.15, 0.2) is 0 Å². The lowest BCUT2D eigenvalue weighted by Crippen LogP contribution is -2.49. The van der Waals surface area contributed by atoms with E-state index in [2.05, 4.69) is 5.32 Å². The van der Waals surface area contributed by atoms with Gasteiger partial charge in [0.2, 0.25) is 5.91 Å². The number of amides is 1. The summed E-state index contributed by atoms with van der Waals surface area (Å²) in [6, 6.07) is 0.176. The highest BCUT2D eigenvalue weighted by molar-refractivity contribution is 5.82. The van der Waals surface area contributed by atoms with Gasteiger partial charge in [0.15, 0.2) is 0 Å². The number of rotatable bonds is 3. The molecule has 2 aliphatic heterocycles. The molecule has 18 heavy (non-hydrogen) atoms. The zero-order valence-electron chi connectivity index (χ0n) is 11.3. The van der Waals surface area contributed by atoms with Gasteiger partial charge >= 0.3 is 0 Å². The molecule has 1 unspecified atom stereocenters. The monoisotopic (exact) mass is 256 g/mol. The second-order valence-electron chi connectivity index (χ2n) is 5.95. The third-order valence-electron chi connectivity index (χ3n) is 3.61. The molecule has 0 aromatic heterocycles. The van der Waals surface area contributed by atoms with Gasteiger partial charge in [-0.1, -0.05) is 0 Å². The molecule has 0 radical (unpaired) electrons. The molecule has 0 aliphatic carbocycles. The Morgan fingerprint density at radius 2 is 2.06 bits per heavy atom. The lowest BCUT2D eigenvalue weighted by Gasteiger charge is -2.29. The summed E-state index contributed by atoms with van der Waals surface area (Å²) in [4.78, 5) is 14.1. The van der Waals surface area contributed by atoms with E-state index >= 15 is 0 Å². The Kier molecular flexibility index (Phi) is 4.25. The fourth-order valence-electron chi connectivity index (χ4n) is 2.78. The van der Waals surface area contributed by atoms with Crippen molar-refractivity contribution in [2.24, 2.45) is 0 Å². The summed E-state index contributed by atoms with van der Waals surface area (Å²) in [5, 5.41) is 13.2. The van der Waals surface area contributed by atoms with Crippen LogP contribution in [0.1, 0.15) is 33.1 Å². The number of morpholine rings is 1. The van der Waals surface area contributed by atoms with Crippen LogP contribution < -0.4 is 5.32 Å². The predicted octanol–water partition coefficient (Wildman–Crippen LogP) is 0.127. The fraction of sp³-hybridized carbons (Fsp3) is 0.923. The van der Waals surface area contributed by atoms with Gasteiger partial charge in [0.05, 0.1) is 24.9 Å². The molecule has 0 aromatic carbocycles. The molecule has 0 aromatic rings. The Balaban J connectivity index is 1.82. The lowest BCUT2D eigenvalue weighted by molar-refractivity contribution is -0.137. The first-order valence-electron chi connectivity index (χ1n) is 6.81. The molecule has 104 valence electrons. The van der Waals surface area contributed by atoms with Crippen molar-refractivity contribution in [3.8, 4) is 0 Å². The fourth-order valence-corrected chi connectivity index (χ4v) is 2.78. The van der Waals surface area contributed by atoms with Crippen molar-refractivity contribution in [2.45, 2.75) is 50.8 Å². The van der Waals surface area contributed by atoms with E-state index in [1.807, 2.05) is 18.7 Å². The Labute approximate surface area is 108 Å². The van der Waals surface area contributed by atoms with Crippen molar-refractivity contribution < 1.29 is 14.6 Å². The summed E-state index contributed by atoms with van der Waals surface area (Å²) in [7, 11) is 0. The largest absolute Gasteiger partial charge is 0.390 e. The van der Waals surface area contributed by atoms with E-state index in [9.17, 15) is 9.90 Å². The zero-order valence-corrected chi connectivity index (χ0v) is 11.3. The van der Waals surface area contributed by atoms with Crippen LogP contribution in [-0.2, 0) is 9.53 Å². The molecule has 2 saturated heterocycles. The number of ether oxygens (including phenoxy) is 1. The van der Waals surface area contributed by atoms with Gasteiger partial charge in [0, 0.05) is 19.1 Å². The molecule has 0 bridgehead atoms. The van der Waals surface area contributed by atoms with Gasteiger partial charge in [-0.15, -0.1) is 0 Å². The van der Waals surface area contributed by atoms with Crippen LogP contribution in [0.2, 0.25) is 0 Å². The molecular formula is C13H24N2O3. The number of hydrogen-bond donors (Lipinski definition) is 2. The SMILES string of the molecule is CC(C)(O)CC1CC[C@@H](C(=O)N2CCOCC2)N1. The second kappa shape index (κ2) is 5.55. The van der Waals surface area contributed by atoms with Crippen LogP contribution in [-0.4, -0.2) is 59.9 Å². The number of hydrogen-bond acceptors (Lipinski definition) is 4. The molecule has 2 fully saturated rings. The molecule has 5 heteroatoms. The van der Waals surface area contributed by atoms with Crippen molar-refractivity contribution >= 4 is 5.91 Å². The van der Waals surface area contributed by atoms with Crippen molar-refractivity contribution in [2.75, 3.05) is 26.3 Å². The van der Waals surface area contributed by atoms with Gasteiger partial charge in [-0.2, -0.15) is 0 Å². The molecule has 2 rings (SSSR count). The summed E-state index contributed by atoms with van der Waals surface area (Å²) in [5.41, 5.74) is -0.672. The quantitative estimate of drug-likeness (QED) is 0.753. The van der Waals surface area contributed by atoms with Crippen LogP contribution in [0.4, 0.5) is 0 Å². The summed E-state index contributed by atoms with van der Waals surface area (Å²) in [5.74, 6) is 0.191. The number of aliphatic hydroxyl groups is 1. The maximum absolute atomic E-state index is 12.3. The minimum absolute atomic E-state index is 0.0737. The molecule has 0 spiro atoms. The van der Waals surface area contributed by atoms with Crippen LogP contribution in [0, 0.1) is 0 Å². The van der Waals surface area contributed by atoms with Crippen LogP contribution in [0.5, 0.6) is 0 Å². The number of carbonyl (C=O) groups is 1. The van der Waals surface area contributed by atoms with E-state index in [4.69, 9.17) is 4.74 Å². The first-order valence-corrected chi connectivity index (χ1v) is 6.81. The Bertz CT molecular complexity index is 295. The maximum Gasteiger partial charge on any atom is 0.239 e. The zero-order chi connectivity index (χ0) is 13.2. The minimum atomic E-state index is -0.672. The third kappa shape index (κ3) is 3.67. The van der Waals surface area contributed by atoms with Crippen LogP contribution in [0.25, 0.3) is 0 Å². The predicted molar refractivity (Wildman–Crippen MR) is 68.3 cm³/mol. The van der Waals surface area contributed by atoms with Crippen molar-refractivity contribution in [3.63, 3.8) is 0 Å². The highest BCUT2D eigenvalue weighted by atomic mass is 16.5. The Hall–Kier alpha value is -0.650. The minimum Gasteiger partial charge on any atom is -0.390 e. The molecule has 2 N–H and O–H groups in total. The van der Waals surface area contributed by atoms with Gasteiger partial charge in [0.25, 0.3) is 0 Å². The molecule has 2 aliphatic rings. The molecular weight excluding hydrogens is 232 g/mol. The Morgan fingerprint density at radius 3 is 2.67 bits per heavy atom. The smallest absolute Gasteiger partial charge is 0.239 e. The van der Waals surface area contributed by atoms with Crippen molar-refractivity contribution in [1.82, 2.24) is 10.2 Å². The van der Waals surface area contributed by atoms with Crippen molar-refractivity contribution in [3.05, 3.63) is 0 Å². The van der Waals surface area contributed by atoms with E-state index in [1.165, 1.54) is 0 Å². The maximum atomic E-state index is 12.3. The van der Waals surface area contributed by atoms with E-state index < -0.39 is 5.60 Å². The van der Waals surface area contributed by atoms with E-state index in [-0.39, 0.29) is 18.0 Å². The molecule has 0 saturated carbocycles. The van der Waals surface area contributed by atoms with Gasteiger partial charge in [0.1, 0.15) is 0 Å². The summed E-state index contributed by atoms with van der Waals surface area (Å²) in [6.07, 6.45) is 2.53. The highest BCUT2D eigenvalue weighted by Crippen LogP contribution is 2.22. The summed E-state index contributed by atoms with van der Waals surface area (Å²) >= 11 is 0. The number of nitrogens with one attached hydrogen (secondary N) is 1. The Morgan fingerprint density at radius 1 is 1.39 bits per heavy atom. The average molecular weight is 256 g/mol. The van der Waals surface area contributed by atoms with Crippen LogP contribution >= 0.6 is 0 Å². The molecule has 2 atom stereocenters. The van der Waals surface area contributed by atoms with Gasteiger partial charge in [-0.05, 0) is 33.1 Å². The average Bonchev–Trinajstić information content (AvgIpc) is 2.75. The standard InChI is InChI=1S/C13H24N2O3/c1-13(2,17)9-10-3-4-11(14-10)12(16)15-5-7-18-8-6-15/h10-11,14,17H,3-9H2,1-2H3/t10?,11-/m0/s1. The summed E-state index contributed by atoms with van der Waals surface area (Å²) < 4.78 is 5.25. The molecule has 5 nitrogen and oxygen atoms in total. The normalized spacial score (nSPS) is 29.6. The van der Waals surface area contributed by atoms with Crippen molar-refractivity contribution in [1.29, 1.82) is 0 Å². The first-order chi connectivity index (χ1) is 8.46. The summed E-state index contributed by atoms with van der Waals surface area (Å²) in [6.45, 7) is 6.31. The van der Waals surface area contributed by atoms with Gasteiger partial charge < -0.3 is 20.1 Å². The molecule has 2 heterocycles. The lowest BCUT2D eigenvalue weighted by atomic mass is 9.98. The third-order valence-corrected chi connectivity index (χ3v) is 3.61.